The van der Waals surface area contributed by atoms with Crippen molar-refractivity contribution in [2.45, 2.75) is 45.4 Å². The van der Waals surface area contributed by atoms with Crippen LogP contribution in [0.3, 0.4) is 0 Å². The van der Waals surface area contributed by atoms with E-state index in [1.807, 2.05) is 52.7 Å². The minimum absolute atomic E-state index is 0.00477. The molecular formula is C22H27N3OS. The van der Waals surface area contributed by atoms with Crippen LogP contribution in [0.25, 0.3) is 16.3 Å². The normalized spacial score (nSPS) is 10.9. The Kier molecular flexibility index (Phi) is 7.22. The van der Waals surface area contributed by atoms with Crippen LogP contribution in [0.2, 0.25) is 0 Å². The van der Waals surface area contributed by atoms with Crippen molar-refractivity contribution in [3.63, 3.8) is 0 Å². The molecule has 3 rings (SSSR count). The maximum Gasteiger partial charge on any atom is 0.251 e. The van der Waals surface area contributed by atoms with Gasteiger partial charge in [0.05, 0.1) is 10.6 Å². The Labute approximate surface area is 165 Å². The number of hydrogen-bond donors (Lipinski definition) is 1. The molecule has 0 spiro atoms. The molecular weight excluding hydrogens is 354 g/mol. The molecule has 0 radical (unpaired) electrons. The van der Waals surface area contributed by atoms with Gasteiger partial charge >= 0.3 is 0 Å². The lowest BCUT2D eigenvalue weighted by Gasteiger charge is -2.07. The van der Waals surface area contributed by atoms with Gasteiger partial charge in [-0.1, -0.05) is 45.1 Å². The summed E-state index contributed by atoms with van der Waals surface area (Å²) >= 11 is 1.68. The van der Waals surface area contributed by atoms with Crippen LogP contribution in [-0.4, -0.2) is 22.2 Å². The molecule has 4 nitrogen and oxygen atoms in total. The summed E-state index contributed by atoms with van der Waals surface area (Å²) in [6.07, 6.45) is 9.31. The largest absolute Gasteiger partial charge is 0.352 e. The molecule has 3 aromatic rings. The van der Waals surface area contributed by atoms with Gasteiger partial charge in [0, 0.05) is 18.3 Å². The zero-order valence-electron chi connectivity index (χ0n) is 15.9. The standard InChI is InChI=1S/C22H27N3OS/c1-2-3-4-5-6-7-15-23-22(26)18-10-12-19(13-11-18)25-16-14-20(24-25)21-9-8-17-27-21/h8-14,16-17H,2-7,15H2,1H3,(H,23,26). The molecule has 0 unspecified atom stereocenters. The molecule has 0 aliphatic heterocycles. The Bertz CT molecular complexity index is 822. The fourth-order valence-corrected chi connectivity index (χ4v) is 3.69. The smallest absolute Gasteiger partial charge is 0.251 e. The summed E-state index contributed by atoms with van der Waals surface area (Å²) in [5.41, 5.74) is 2.60. The Balaban J connectivity index is 1.49. The van der Waals surface area contributed by atoms with Crippen LogP contribution >= 0.6 is 11.3 Å². The van der Waals surface area contributed by atoms with Gasteiger partial charge in [-0.15, -0.1) is 11.3 Å². The fraction of sp³-hybridized carbons (Fsp3) is 0.364. The number of carbonyl (C=O) groups is 1. The fourth-order valence-electron chi connectivity index (χ4n) is 3.00. The first-order chi connectivity index (χ1) is 13.3. The van der Waals surface area contributed by atoms with Crippen LogP contribution in [0.15, 0.2) is 54.0 Å². The zero-order chi connectivity index (χ0) is 18.9. The highest BCUT2D eigenvalue weighted by Gasteiger charge is 2.07. The Morgan fingerprint density at radius 1 is 1.04 bits per heavy atom. The zero-order valence-corrected chi connectivity index (χ0v) is 16.7. The minimum Gasteiger partial charge on any atom is -0.352 e. The number of aromatic nitrogens is 2. The summed E-state index contributed by atoms with van der Waals surface area (Å²) in [5.74, 6) is -0.00477. The van der Waals surface area contributed by atoms with Crippen molar-refractivity contribution in [2.75, 3.05) is 6.54 Å². The van der Waals surface area contributed by atoms with Crippen LogP contribution in [-0.2, 0) is 0 Å². The molecule has 0 atom stereocenters. The van der Waals surface area contributed by atoms with E-state index in [1.54, 1.807) is 11.3 Å². The number of thiophene rings is 1. The highest BCUT2D eigenvalue weighted by Crippen LogP contribution is 2.23. The maximum absolute atomic E-state index is 12.3. The Morgan fingerprint density at radius 3 is 2.56 bits per heavy atom. The molecule has 0 aliphatic rings. The van der Waals surface area contributed by atoms with Gasteiger partial charge in [-0.25, -0.2) is 4.68 Å². The first kappa shape index (κ1) is 19.4. The monoisotopic (exact) mass is 381 g/mol. The average Bonchev–Trinajstić information content (AvgIpc) is 3.39. The van der Waals surface area contributed by atoms with E-state index < -0.39 is 0 Å². The summed E-state index contributed by atoms with van der Waals surface area (Å²) in [7, 11) is 0. The third-order valence-electron chi connectivity index (χ3n) is 4.57. The van der Waals surface area contributed by atoms with Gasteiger partial charge < -0.3 is 5.32 Å². The Hall–Kier alpha value is -2.40. The van der Waals surface area contributed by atoms with E-state index in [0.717, 1.165) is 29.2 Å². The summed E-state index contributed by atoms with van der Waals surface area (Å²) in [6, 6.07) is 13.7. The van der Waals surface area contributed by atoms with Crippen LogP contribution in [0.5, 0.6) is 0 Å². The third-order valence-corrected chi connectivity index (χ3v) is 5.46. The lowest BCUT2D eigenvalue weighted by atomic mass is 10.1. The second kappa shape index (κ2) is 10.1. The molecule has 2 aromatic heterocycles. The predicted molar refractivity (Wildman–Crippen MR) is 113 cm³/mol. The second-order valence-corrected chi connectivity index (χ2v) is 7.64. The Morgan fingerprint density at radius 2 is 1.81 bits per heavy atom. The number of rotatable bonds is 10. The minimum atomic E-state index is -0.00477. The van der Waals surface area contributed by atoms with Crippen molar-refractivity contribution in [3.05, 3.63) is 59.6 Å². The maximum atomic E-state index is 12.3. The van der Waals surface area contributed by atoms with Gasteiger partial charge in [-0.2, -0.15) is 5.10 Å². The SMILES string of the molecule is CCCCCCCCNC(=O)c1ccc(-n2ccc(-c3cccs3)n2)cc1. The van der Waals surface area contributed by atoms with Crippen molar-refractivity contribution in [1.29, 1.82) is 0 Å². The van der Waals surface area contributed by atoms with Crippen LogP contribution in [0.4, 0.5) is 0 Å². The molecule has 0 bridgehead atoms. The predicted octanol–water partition coefficient (Wildman–Crippen LogP) is 5.69. The van der Waals surface area contributed by atoms with E-state index in [2.05, 4.69) is 23.4 Å². The van der Waals surface area contributed by atoms with Crippen molar-refractivity contribution in [2.24, 2.45) is 0 Å². The molecule has 0 aliphatic carbocycles. The van der Waals surface area contributed by atoms with Gasteiger partial charge in [0.1, 0.15) is 5.69 Å². The van der Waals surface area contributed by atoms with E-state index in [0.29, 0.717) is 5.56 Å². The van der Waals surface area contributed by atoms with Crippen molar-refractivity contribution >= 4 is 17.2 Å². The van der Waals surface area contributed by atoms with Crippen LogP contribution < -0.4 is 5.32 Å². The molecule has 0 fully saturated rings. The van der Waals surface area contributed by atoms with E-state index >= 15 is 0 Å². The number of benzene rings is 1. The van der Waals surface area contributed by atoms with Crippen molar-refractivity contribution in [3.8, 4) is 16.3 Å². The average molecular weight is 382 g/mol. The number of hydrogen-bond acceptors (Lipinski definition) is 3. The number of nitrogens with one attached hydrogen (secondary N) is 1. The third kappa shape index (κ3) is 5.54. The first-order valence-electron chi connectivity index (χ1n) is 9.76. The van der Waals surface area contributed by atoms with E-state index in [9.17, 15) is 4.79 Å². The molecule has 1 N–H and O–H groups in total. The molecule has 0 saturated heterocycles. The molecule has 0 saturated carbocycles. The van der Waals surface area contributed by atoms with E-state index in [1.165, 1.54) is 32.1 Å². The van der Waals surface area contributed by atoms with Crippen LogP contribution in [0.1, 0.15) is 55.8 Å². The van der Waals surface area contributed by atoms with E-state index in [-0.39, 0.29) is 5.91 Å². The number of amides is 1. The van der Waals surface area contributed by atoms with Gasteiger partial charge in [0.15, 0.2) is 0 Å². The van der Waals surface area contributed by atoms with Gasteiger partial charge in [0.2, 0.25) is 0 Å². The molecule has 142 valence electrons. The lowest BCUT2D eigenvalue weighted by molar-refractivity contribution is 0.0953. The first-order valence-corrected chi connectivity index (χ1v) is 10.6. The van der Waals surface area contributed by atoms with Crippen LogP contribution in [0, 0.1) is 0 Å². The van der Waals surface area contributed by atoms with Gasteiger partial charge in [-0.05, 0) is 48.2 Å². The van der Waals surface area contributed by atoms with Crippen molar-refractivity contribution < 1.29 is 4.79 Å². The summed E-state index contributed by atoms with van der Waals surface area (Å²) in [5, 5.41) is 9.68. The molecule has 27 heavy (non-hydrogen) atoms. The van der Waals surface area contributed by atoms with Gasteiger partial charge in [-0.3, -0.25) is 4.79 Å². The van der Waals surface area contributed by atoms with Crippen molar-refractivity contribution in [1.82, 2.24) is 15.1 Å². The summed E-state index contributed by atoms with van der Waals surface area (Å²) < 4.78 is 1.84. The second-order valence-electron chi connectivity index (χ2n) is 6.69. The summed E-state index contributed by atoms with van der Waals surface area (Å²) in [4.78, 5) is 13.4. The number of nitrogens with zero attached hydrogens (tertiary/aromatic N) is 2. The molecule has 1 amide bonds. The highest BCUT2D eigenvalue weighted by atomic mass is 32.1. The highest BCUT2D eigenvalue weighted by molar-refractivity contribution is 7.13. The quantitative estimate of drug-likeness (QED) is 0.459. The molecule has 1 aromatic carbocycles. The molecule has 5 heteroatoms. The summed E-state index contributed by atoms with van der Waals surface area (Å²) in [6.45, 7) is 2.97. The van der Waals surface area contributed by atoms with E-state index in [4.69, 9.17) is 0 Å². The lowest BCUT2D eigenvalue weighted by Crippen LogP contribution is -2.24. The number of unbranched alkanes of at least 4 members (excludes halogenated alkanes) is 5. The topological polar surface area (TPSA) is 46.9 Å². The number of carbonyl (C=O) groups excluding carboxylic acids is 1. The molecule has 2 heterocycles. The van der Waals surface area contributed by atoms with Gasteiger partial charge in [0.25, 0.3) is 5.91 Å².